The average Bonchev–Trinajstić information content (AvgIpc) is 2.34. The SMILES string of the molecule is CCC(=O)n1ncnc1N. The first-order valence-corrected chi connectivity index (χ1v) is 2.94. The lowest BCUT2D eigenvalue weighted by Crippen LogP contribution is -2.13. The molecule has 0 aliphatic carbocycles. The molecule has 0 radical (unpaired) electrons. The molecule has 0 saturated heterocycles. The van der Waals surface area contributed by atoms with Crippen LogP contribution in [-0.2, 0) is 0 Å². The van der Waals surface area contributed by atoms with E-state index in [-0.39, 0.29) is 11.9 Å². The van der Waals surface area contributed by atoms with E-state index in [1.54, 1.807) is 6.92 Å². The zero-order valence-electron chi connectivity index (χ0n) is 5.61. The second-order valence-electron chi connectivity index (χ2n) is 1.78. The summed E-state index contributed by atoms with van der Waals surface area (Å²) in [6.45, 7) is 1.74. The van der Waals surface area contributed by atoms with Gasteiger partial charge in [0, 0.05) is 6.42 Å². The number of aromatic nitrogens is 3. The Morgan fingerprint density at radius 2 is 2.60 bits per heavy atom. The minimum Gasteiger partial charge on any atom is -0.368 e. The average molecular weight is 140 g/mol. The van der Waals surface area contributed by atoms with Crippen LogP contribution in [0, 0.1) is 0 Å². The van der Waals surface area contributed by atoms with E-state index in [1.807, 2.05) is 0 Å². The van der Waals surface area contributed by atoms with E-state index in [1.165, 1.54) is 6.33 Å². The van der Waals surface area contributed by atoms with Crippen LogP contribution in [0.25, 0.3) is 0 Å². The summed E-state index contributed by atoms with van der Waals surface area (Å²) in [6.07, 6.45) is 1.64. The van der Waals surface area contributed by atoms with E-state index < -0.39 is 0 Å². The van der Waals surface area contributed by atoms with Crippen molar-refractivity contribution in [3.8, 4) is 0 Å². The van der Waals surface area contributed by atoms with Crippen molar-refractivity contribution in [3.63, 3.8) is 0 Å². The molecule has 5 heteroatoms. The van der Waals surface area contributed by atoms with Gasteiger partial charge in [0.2, 0.25) is 11.9 Å². The molecule has 1 rings (SSSR count). The minimum absolute atomic E-state index is 0.144. The number of nitrogens with zero attached hydrogens (tertiary/aromatic N) is 3. The fourth-order valence-electron chi connectivity index (χ4n) is 0.592. The highest BCUT2D eigenvalue weighted by Crippen LogP contribution is 1.95. The van der Waals surface area contributed by atoms with Gasteiger partial charge in [-0.3, -0.25) is 4.79 Å². The molecule has 10 heavy (non-hydrogen) atoms. The van der Waals surface area contributed by atoms with Crippen LogP contribution < -0.4 is 5.73 Å². The highest BCUT2D eigenvalue weighted by atomic mass is 16.2. The molecule has 0 bridgehead atoms. The molecule has 0 spiro atoms. The van der Waals surface area contributed by atoms with Crippen LogP contribution in [0.1, 0.15) is 18.1 Å². The smallest absolute Gasteiger partial charge is 0.249 e. The van der Waals surface area contributed by atoms with Crippen molar-refractivity contribution in [1.82, 2.24) is 14.8 Å². The van der Waals surface area contributed by atoms with Crippen molar-refractivity contribution in [2.75, 3.05) is 5.73 Å². The topological polar surface area (TPSA) is 73.8 Å². The molecule has 0 unspecified atom stereocenters. The fourth-order valence-corrected chi connectivity index (χ4v) is 0.592. The van der Waals surface area contributed by atoms with Crippen molar-refractivity contribution in [2.24, 2.45) is 0 Å². The van der Waals surface area contributed by atoms with E-state index in [9.17, 15) is 4.79 Å². The zero-order chi connectivity index (χ0) is 7.56. The molecule has 0 aliphatic heterocycles. The Balaban J connectivity index is 2.93. The lowest BCUT2D eigenvalue weighted by Gasteiger charge is -1.95. The Morgan fingerprint density at radius 1 is 1.90 bits per heavy atom. The Hall–Kier alpha value is -1.39. The van der Waals surface area contributed by atoms with E-state index >= 15 is 0 Å². The van der Waals surface area contributed by atoms with E-state index in [0.29, 0.717) is 6.42 Å². The molecule has 5 nitrogen and oxygen atoms in total. The number of carbonyl (C=O) groups excluding carboxylic acids is 1. The molecule has 0 aliphatic rings. The highest BCUT2D eigenvalue weighted by molar-refractivity contribution is 5.79. The number of carbonyl (C=O) groups is 1. The lowest BCUT2D eigenvalue weighted by atomic mass is 10.5. The monoisotopic (exact) mass is 140 g/mol. The van der Waals surface area contributed by atoms with Crippen molar-refractivity contribution in [1.29, 1.82) is 0 Å². The second-order valence-corrected chi connectivity index (χ2v) is 1.78. The fraction of sp³-hybridized carbons (Fsp3) is 0.400. The summed E-state index contributed by atoms with van der Waals surface area (Å²) in [5.74, 6) is 0.00171. The summed E-state index contributed by atoms with van der Waals surface area (Å²) < 4.78 is 1.08. The summed E-state index contributed by atoms with van der Waals surface area (Å²) in [6, 6.07) is 0. The van der Waals surface area contributed by atoms with Gasteiger partial charge in [0.05, 0.1) is 0 Å². The van der Waals surface area contributed by atoms with Gasteiger partial charge in [0.15, 0.2) is 0 Å². The van der Waals surface area contributed by atoms with Crippen LogP contribution in [0.5, 0.6) is 0 Å². The van der Waals surface area contributed by atoms with Crippen molar-refractivity contribution in [3.05, 3.63) is 6.33 Å². The largest absolute Gasteiger partial charge is 0.368 e. The third-order valence-corrected chi connectivity index (χ3v) is 1.11. The molecule has 1 aromatic rings. The summed E-state index contributed by atoms with van der Waals surface area (Å²) in [4.78, 5) is 14.5. The summed E-state index contributed by atoms with van der Waals surface area (Å²) in [7, 11) is 0. The van der Waals surface area contributed by atoms with Gasteiger partial charge in [-0.25, -0.2) is 0 Å². The third kappa shape index (κ3) is 0.975. The van der Waals surface area contributed by atoms with Gasteiger partial charge in [-0.05, 0) is 0 Å². The molecule has 2 N–H and O–H groups in total. The van der Waals surface area contributed by atoms with Gasteiger partial charge in [0.25, 0.3) is 0 Å². The number of rotatable bonds is 1. The molecule has 0 atom stereocenters. The zero-order valence-corrected chi connectivity index (χ0v) is 5.61. The van der Waals surface area contributed by atoms with Crippen LogP contribution in [0.15, 0.2) is 6.33 Å². The van der Waals surface area contributed by atoms with Crippen LogP contribution in [0.3, 0.4) is 0 Å². The van der Waals surface area contributed by atoms with Crippen molar-refractivity contribution < 1.29 is 4.79 Å². The van der Waals surface area contributed by atoms with Gasteiger partial charge in [-0.1, -0.05) is 6.92 Å². The number of nitrogen functional groups attached to an aromatic ring is 1. The maximum atomic E-state index is 10.9. The van der Waals surface area contributed by atoms with Gasteiger partial charge in [-0.15, -0.1) is 0 Å². The first kappa shape index (κ1) is 6.73. The van der Waals surface area contributed by atoms with E-state index in [0.717, 1.165) is 4.68 Å². The van der Waals surface area contributed by atoms with Crippen LogP contribution in [0.4, 0.5) is 5.95 Å². The maximum absolute atomic E-state index is 10.9. The Morgan fingerprint density at radius 3 is 3.00 bits per heavy atom. The predicted octanol–water partition coefficient (Wildman–Crippen LogP) is -0.0895. The molecule has 0 aromatic carbocycles. The van der Waals surface area contributed by atoms with Crippen LogP contribution >= 0.6 is 0 Å². The van der Waals surface area contributed by atoms with Gasteiger partial charge >= 0.3 is 0 Å². The molecule has 1 aromatic heterocycles. The Labute approximate surface area is 57.9 Å². The molecular weight excluding hydrogens is 132 g/mol. The van der Waals surface area contributed by atoms with Gasteiger partial charge in [-0.2, -0.15) is 14.8 Å². The third-order valence-electron chi connectivity index (χ3n) is 1.11. The quantitative estimate of drug-likeness (QED) is 0.591. The number of hydrogen-bond donors (Lipinski definition) is 1. The van der Waals surface area contributed by atoms with Gasteiger partial charge < -0.3 is 5.73 Å². The predicted molar refractivity (Wildman–Crippen MR) is 35.4 cm³/mol. The van der Waals surface area contributed by atoms with E-state index in [2.05, 4.69) is 10.1 Å². The molecule has 0 saturated carbocycles. The minimum atomic E-state index is -0.144. The molecule has 54 valence electrons. The number of nitrogens with two attached hydrogens (primary N) is 1. The molecule has 0 fully saturated rings. The summed E-state index contributed by atoms with van der Waals surface area (Å²) in [5, 5.41) is 3.62. The highest BCUT2D eigenvalue weighted by Gasteiger charge is 2.05. The van der Waals surface area contributed by atoms with Gasteiger partial charge in [0.1, 0.15) is 6.33 Å². The maximum Gasteiger partial charge on any atom is 0.249 e. The first-order chi connectivity index (χ1) is 4.75. The van der Waals surface area contributed by atoms with Crippen LogP contribution in [0.2, 0.25) is 0 Å². The van der Waals surface area contributed by atoms with Crippen molar-refractivity contribution >= 4 is 11.9 Å². The number of hydrogen-bond acceptors (Lipinski definition) is 4. The number of anilines is 1. The summed E-state index contributed by atoms with van der Waals surface area (Å²) in [5.41, 5.74) is 5.29. The molecule has 0 amide bonds. The lowest BCUT2D eigenvalue weighted by molar-refractivity contribution is 0.0896. The Bertz CT molecular complexity index is 242. The normalized spacial score (nSPS) is 9.70. The van der Waals surface area contributed by atoms with E-state index in [4.69, 9.17) is 5.73 Å². The molecular formula is C5H8N4O. The van der Waals surface area contributed by atoms with Crippen molar-refractivity contribution in [2.45, 2.75) is 13.3 Å². The first-order valence-electron chi connectivity index (χ1n) is 2.94. The summed E-state index contributed by atoms with van der Waals surface area (Å²) >= 11 is 0. The molecule has 1 heterocycles. The Kier molecular flexibility index (Phi) is 1.66. The second kappa shape index (κ2) is 2.47. The standard InChI is InChI=1S/C5H8N4O/c1-2-4(10)9-5(6)7-3-8-9/h3H,2H2,1H3,(H2,6,7,8). The van der Waals surface area contributed by atoms with Crippen LogP contribution in [-0.4, -0.2) is 20.7 Å².